The van der Waals surface area contributed by atoms with Gasteiger partial charge in [-0.05, 0) is 54.3 Å². The average Bonchev–Trinajstić information content (AvgIpc) is 3.15. The molecule has 0 saturated carbocycles. The number of alkyl halides is 6. The van der Waals surface area contributed by atoms with Crippen molar-refractivity contribution in [1.82, 2.24) is 4.90 Å². The van der Waals surface area contributed by atoms with Crippen molar-refractivity contribution < 1.29 is 26.3 Å². The van der Waals surface area contributed by atoms with Crippen LogP contribution in [0.15, 0.2) is 66.7 Å². The first-order chi connectivity index (χ1) is 17.4. The van der Waals surface area contributed by atoms with Crippen LogP contribution in [0.2, 0.25) is 0 Å². The summed E-state index contributed by atoms with van der Waals surface area (Å²) < 4.78 is 82.6. The molecule has 2 nitrogen and oxygen atoms in total. The molecule has 1 aliphatic heterocycles. The lowest BCUT2D eigenvalue weighted by molar-refractivity contribution is -0.143. The smallest absolute Gasteiger partial charge is 0.350 e. The van der Waals surface area contributed by atoms with Crippen LogP contribution in [0, 0.1) is 6.92 Å². The van der Waals surface area contributed by atoms with Crippen LogP contribution in [0.4, 0.5) is 32.0 Å². The molecule has 0 spiro atoms. The van der Waals surface area contributed by atoms with E-state index in [1.165, 1.54) is 0 Å². The molecule has 0 N–H and O–H groups in total. The standard InChI is InChI=1S/C29H24F6N2/c1-15(2)36-16(3)37(19-13-17(28(30,31)32)12-18(14-19)29(33,34)35)27-25-22-10-6-4-8-20(22)24(26(27)36)21-9-5-7-11-23(21)25/h3-16,24-27H,1-2H3/t16?,24?,25?,26-,27+/m1/s1. The van der Waals surface area contributed by atoms with E-state index in [0.29, 0.717) is 0 Å². The van der Waals surface area contributed by atoms with E-state index in [4.69, 9.17) is 6.92 Å². The number of benzene rings is 3. The van der Waals surface area contributed by atoms with Gasteiger partial charge in [0.05, 0.1) is 23.3 Å². The van der Waals surface area contributed by atoms with Gasteiger partial charge >= 0.3 is 12.4 Å². The molecule has 3 atom stereocenters. The van der Waals surface area contributed by atoms with E-state index in [-0.39, 0.29) is 35.7 Å². The zero-order valence-electron chi connectivity index (χ0n) is 20.1. The van der Waals surface area contributed by atoms with Crippen molar-refractivity contribution in [3.8, 4) is 0 Å². The van der Waals surface area contributed by atoms with Crippen molar-refractivity contribution in [2.45, 2.75) is 62.3 Å². The van der Waals surface area contributed by atoms with Crippen molar-refractivity contribution in [2.75, 3.05) is 4.90 Å². The Morgan fingerprint density at radius 1 is 0.676 bits per heavy atom. The fraction of sp³-hybridized carbons (Fsp3) is 0.345. The molecule has 1 fully saturated rings. The lowest BCUT2D eigenvalue weighted by atomic mass is 9.59. The van der Waals surface area contributed by atoms with Gasteiger partial charge in [-0.15, -0.1) is 0 Å². The van der Waals surface area contributed by atoms with Crippen molar-refractivity contribution in [2.24, 2.45) is 0 Å². The van der Waals surface area contributed by atoms with E-state index in [1.54, 1.807) is 4.90 Å². The van der Waals surface area contributed by atoms with Gasteiger partial charge in [0.15, 0.2) is 0 Å². The number of hydrogen-bond donors (Lipinski definition) is 0. The zero-order valence-corrected chi connectivity index (χ0v) is 20.1. The SMILES string of the molecule is [CH]C1N(c2cc(C(F)(F)F)cc(C(F)(F)F)c2)[C@H]2C3c4ccccc4C(c4ccccc43)[C@H]2N1C(C)C. The molecule has 7 rings (SSSR count). The highest BCUT2D eigenvalue weighted by Crippen LogP contribution is 2.59. The summed E-state index contributed by atoms with van der Waals surface area (Å²) >= 11 is 0. The van der Waals surface area contributed by atoms with Gasteiger partial charge < -0.3 is 4.90 Å². The second-order valence-electron chi connectivity index (χ2n) is 10.3. The minimum Gasteiger partial charge on any atom is -0.350 e. The molecule has 2 radical (unpaired) electrons. The van der Waals surface area contributed by atoms with Crippen molar-refractivity contribution >= 4 is 5.69 Å². The maximum atomic E-state index is 13.8. The monoisotopic (exact) mass is 514 g/mol. The van der Waals surface area contributed by atoms with Crippen LogP contribution in [-0.4, -0.2) is 29.2 Å². The Morgan fingerprint density at radius 2 is 1.08 bits per heavy atom. The first-order valence-corrected chi connectivity index (χ1v) is 12.2. The van der Waals surface area contributed by atoms with Crippen LogP contribution in [0.5, 0.6) is 0 Å². The first-order valence-electron chi connectivity index (χ1n) is 12.2. The molecule has 3 aromatic carbocycles. The Hall–Kier alpha value is -3.00. The third-order valence-electron chi connectivity index (χ3n) is 8.09. The molecule has 1 saturated heterocycles. The maximum Gasteiger partial charge on any atom is 0.416 e. The fourth-order valence-corrected chi connectivity index (χ4v) is 6.85. The minimum absolute atomic E-state index is 0.0981. The predicted molar refractivity (Wildman–Crippen MR) is 128 cm³/mol. The molecule has 37 heavy (non-hydrogen) atoms. The Kier molecular flexibility index (Phi) is 5.26. The summed E-state index contributed by atoms with van der Waals surface area (Å²) in [7, 11) is 0. The van der Waals surface area contributed by atoms with E-state index < -0.39 is 35.7 Å². The molecular formula is C29H24F6N2. The largest absolute Gasteiger partial charge is 0.416 e. The summed E-state index contributed by atoms with van der Waals surface area (Å²) in [4.78, 5) is 3.64. The highest BCUT2D eigenvalue weighted by atomic mass is 19.4. The van der Waals surface area contributed by atoms with Crippen LogP contribution >= 0.6 is 0 Å². The lowest BCUT2D eigenvalue weighted by Gasteiger charge is -2.51. The van der Waals surface area contributed by atoms with E-state index in [0.717, 1.165) is 34.4 Å². The van der Waals surface area contributed by atoms with E-state index in [9.17, 15) is 26.3 Å². The van der Waals surface area contributed by atoms with Crippen LogP contribution in [0.3, 0.4) is 0 Å². The molecule has 192 valence electrons. The number of hydrogen-bond acceptors (Lipinski definition) is 2. The zero-order chi connectivity index (χ0) is 26.4. The first kappa shape index (κ1) is 24.3. The van der Waals surface area contributed by atoms with Gasteiger partial charge in [-0.2, -0.15) is 26.3 Å². The third-order valence-corrected chi connectivity index (χ3v) is 8.09. The number of nitrogens with zero attached hydrogens (tertiary/aromatic N) is 2. The summed E-state index contributed by atoms with van der Waals surface area (Å²) in [6.07, 6.45) is -10.8. The Morgan fingerprint density at radius 3 is 1.46 bits per heavy atom. The van der Waals surface area contributed by atoms with Crippen LogP contribution in [0.1, 0.15) is 59.1 Å². The Bertz CT molecular complexity index is 1280. The minimum atomic E-state index is -4.94. The third kappa shape index (κ3) is 3.51. The molecule has 1 heterocycles. The summed E-state index contributed by atoms with van der Waals surface area (Å²) in [6, 6.07) is 16.9. The molecule has 3 aromatic rings. The van der Waals surface area contributed by atoms with Crippen molar-refractivity contribution in [3.05, 3.63) is 107 Å². The summed E-state index contributed by atoms with van der Waals surface area (Å²) in [6.45, 7) is 10.6. The van der Waals surface area contributed by atoms with Crippen molar-refractivity contribution in [1.29, 1.82) is 0 Å². The number of rotatable bonds is 2. The molecular weight excluding hydrogens is 490 g/mol. The summed E-state index contributed by atoms with van der Waals surface area (Å²) in [5, 5.41) is 0. The Balaban J connectivity index is 1.61. The Labute approximate surface area is 211 Å². The molecule has 0 aromatic heterocycles. The molecule has 2 bridgehead atoms. The second kappa shape index (κ2) is 8.00. The average molecular weight is 515 g/mol. The molecule has 8 heteroatoms. The maximum absolute atomic E-state index is 13.8. The van der Waals surface area contributed by atoms with Gasteiger partial charge in [-0.1, -0.05) is 48.5 Å². The van der Waals surface area contributed by atoms with Gasteiger partial charge in [-0.3, -0.25) is 4.90 Å². The van der Waals surface area contributed by atoms with E-state index in [2.05, 4.69) is 12.1 Å². The molecule has 1 unspecified atom stereocenters. The van der Waals surface area contributed by atoms with Crippen LogP contribution in [0.25, 0.3) is 0 Å². The van der Waals surface area contributed by atoms with Crippen LogP contribution in [-0.2, 0) is 12.4 Å². The fourth-order valence-electron chi connectivity index (χ4n) is 6.85. The quantitative estimate of drug-likeness (QED) is 0.331. The molecule has 4 aliphatic rings. The van der Waals surface area contributed by atoms with E-state index in [1.807, 2.05) is 55.1 Å². The van der Waals surface area contributed by atoms with E-state index >= 15 is 0 Å². The normalized spacial score (nSPS) is 26.9. The molecule has 3 aliphatic carbocycles. The van der Waals surface area contributed by atoms with Gasteiger partial charge in [0, 0.05) is 36.5 Å². The van der Waals surface area contributed by atoms with Gasteiger partial charge in [0.1, 0.15) is 0 Å². The van der Waals surface area contributed by atoms with Crippen LogP contribution < -0.4 is 4.90 Å². The topological polar surface area (TPSA) is 6.48 Å². The van der Waals surface area contributed by atoms with Crippen molar-refractivity contribution in [3.63, 3.8) is 0 Å². The predicted octanol–water partition coefficient (Wildman–Crippen LogP) is 7.32. The van der Waals surface area contributed by atoms with Gasteiger partial charge in [0.25, 0.3) is 0 Å². The number of anilines is 1. The number of halogens is 6. The lowest BCUT2D eigenvalue weighted by Crippen LogP contribution is -2.54. The van der Waals surface area contributed by atoms with Gasteiger partial charge in [-0.25, -0.2) is 0 Å². The second-order valence-corrected chi connectivity index (χ2v) is 10.3. The summed E-state index contributed by atoms with van der Waals surface area (Å²) in [5.74, 6) is -0.380. The highest BCUT2D eigenvalue weighted by molar-refractivity contribution is 5.65. The highest BCUT2D eigenvalue weighted by Gasteiger charge is 2.60. The summed E-state index contributed by atoms with van der Waals surface area (Å²) in [5.41, 5.74) is 1.49. The molecule has 0 amide bonds. The van der Waals surface area contributed by atoms with Gasteiger partial charge in [0.2, 0.25) is 0 Å².